The van der Waals surface area contributed by atoms with Gasteiger partial charge in [-0.2, -0.15) is 0 Å². The molecule has 4 nitrogen and oxygen atoms in total. The topological polar surface area (TPSA) is 71.4 Å². The van der Waals surface area contributed by atoms with Crippen molar-refractivity contribution in [3.05, 3.63) is 23.3 Å². The van der Waals surface area contributed by atoms with Gasteiger partial charge in [0.25, 0.3) is 0 Å². The second-order valence-corrected chi connectivity index (χ2v) is 13.7. The molecule has 7 atom stereocenters. The van der Waals surface area contributed by atoms with E-state index in [0.29, 0.717) is 30.5 Å². The van der Waals surface area contributed by atoms with Gasteiger partial charge >= 0.3 is 5.97 Å². The smallest absolute Gasteiger partial charge is 0.331 e. The highest BCUT2D eigenvalue weighted by Crippen LogP contribution is 2.72. The molecule has 4 aliphatic rings. The number of aliphatic carboxylic acids is 1. The van der Waals surface area contributed by atoms with Gasteiger partial charge in [0.05, 0.1) is 0 Å². The van der Waals surface area contributed by atoms with Crippen molar-refractivity contribution in [2.24, 2.45) is 45.3 Å². The second kappa shape index (κ2) is 8.42. The number of carboxylic acid groups (broad SMARTS) is 1. The van der Waals surface area contributed by atoms with Crippen LogP contribution in [0.4, 0.5) is 0 Å². The van der Waals surface area contributed by atoms with Gasteiger partial charge in [-0.25, -0.2) is 4.79 Å². The summed E-state index contributed by atoms with van der Waals surface area (Å²) >= 11 is 0. The first kappa shape index (κ1) is 26.4. The van der Waals surface area contributed by atoms with Crippen molar-refractivity contribution in [2.45, 2.75) is 106 Å². The summed E-state index contributed by atoms with van der Waals surface area (Å²) in [4.78, 5) is 37.1. The molecule has 0 radical (unpaired) electrons. The molecule has 4 rings (SSSR count). The summed E-state index contributed by atoms with van der Waals surface area (Å²) in [7, 11) is 0. The lowest BCUT2D eigenvalue weighted by Crippen LogP contribution is -2.54. The van der Waals surface area contributed by atoms with Gasteiger partial charge < -0.3 is 5.11 Å². The number of carboxylic acids is 1. The van der Waals surface area contributed by atoms with E-state index >= 15 is 0 Å². The number of Topliss-reactive ketones (excluding diaryl/α,β-unsaturated/α-hetero) is 2. The van der Waals surface area contributed by atoms with E-state index < -0.39 is 11.9 Å². The summed E-state index contributed by atoms with van der Waals surface area (Å²) in [6.45, 7) is 19.3. The Morgan fingerprint density at radius 3 is 2.26 bits per heavy atom. The van der Waals surface area contributed by atoms with Crippen LogP contribution in [0.1, 0.15) is 106 Å². The van der Waals surface area contributed by atoms with Crippen LogP contribution < -0.4 is 0 Å². The zero-order valence-electron chi connectivity index (χ0n) is 23.1. The molecule has 0 saturated heterocycles. The monoisotopic (exact) mass is 482 g/mol. The number of ketones is 2. The van der Waals surface area contributed by atoms with Crippen molar-refractivity contribution in [1.29, 1.82) is 0 Å². The Hall–Kier alpha value is -1.71. The lowest BCUT2D eigenvalue weighted by Gasteiger charge is -2.60. The Morgan fingerprint density at radius 2 is 1.63 bits per heavy atom. The lowest BCUT2D eigenvalue weighted by molar-refractivity contribution is -0.139. The molecule has 0 heterocycles. The Labute approximate surface area is 212 Å². The highest BCUT2D eigenvalue weighted by molar-refractivity contribution is 5.96. The van der Waals surface area contributed by atoms with Crippen molar-refractivity contribution in [3.63, 3.8) is 0 Å². The molecule has 0 spiro atoms. The van der Waals surface area contributed by atoms with E-state index in [9.17, 15) is 19.5 Å². The molecule has 0 aromatic carbocycles. The molecule has 0 bridgehead atoms. The molecule has 4 heteroatoms. The van der Waals surface area contributed by atoms with Crippen molar-refractivity contribution < 1.29 is 19.5 Å². The fourth-order valence-electron chi connectivity index (χ4n) is 9.46. The fraction of sp³-hybridized carbons (Fsp3) is 0.774. The van der Waals surface area contributed by atoms with Crippen LogP contribution in [-0.2, 0) is 14.4 Å². The third kappa shape index (κ3) is 3.63. The van der Waals surface area contributed by atoms with Gasteiger partial charge in [0.1, 0.15) is 11.6 Å². The number of hydrogen-bond donors (Lipinski definition) is 1. The maximum atomic E-state index is 13.0. The number of rotatable bonds is 6. The zero-order valence-corrected chi connectivity index (χ0v) is 23.1. The number of carbonyl (C=O) groups is 3. The molecule has 1 N–H and O–H groups in total. The Balaban J connectivity index is 1.61. The average molecular weight is 483 g/mol. The van der Waals surface area contributed by atoms with Gasteiger partial charge in [-0.1, -0.05) is 66.2 Å². The molecule has 2 saturated carbocycles. The van der Waals surface area contributed by atoms with Gasteiger partial charge in [-0.3, -0.25) is 9.59 Å². The molecule has 0 aromatic heterocycles. The predicted molar refractivity (Wildman–Crippen MR) is 139 cm³/mol. The molecule has 0 unspecified atom stereocenters. The highest BCUT2D eigenvalue weighted by Gasteiger charge is 2.63. The van der Waals surface area contributed by atoms with Crippen LogP contribution in [-0.4, -0.2) is 22.6 Å². The maximum absolute atomic E-state index is 13.0. The SMILES string of the molecule is C=C(C(=O)O)[C@@H](C)C(=O)C[C@@H](C)[C@H]1CC[C@@]2(C)C3=C(CC[C@]12C)[C@@]1(C)CCC(=O)C(C)(C)[C@@H]1CC3. The van der Waals surface area contributed by atoms with Crippen LogP contribution >= 0.6 is 0 Å². The molecule has 35 heavy (non-hydrogen) atoms. The van der Waals surface area contributed by atoms with Gasteiger partial charge in [-0.05, 0) is 78.9 Å². The first-order valence-electron chi connectivity index (χ1n) is 13.8. The van der Waals surface area contributed by atoms with Crippen molar-refractivity contribution in [3.8, 4) is 0 Å². The number of fused-ring (bicyclic) bond motifs is 4. The molecular weight excluding hydrogens is 436 g/mol. The van der Waals surface area contributed by atoms with Crippen LogP contribution in [0.2, 0.25) is 0 Å². The molecule has 0 aliphatic heterocycles. The first-order valence-corrected chi connectivity index (χ1v) is 13.8. The Morgan fingerprint density at radius 1 is 0.971 bits per heavy atom. The number of allylic oxidation sites excluding steroid dienone is 2. The average Bonchev–Trinajstić information content (AvgIpc) is 3.07. The van der Waals surface area contributed by atoms with Crippen LogP contribution in [0, 0.1) is 45.3 Å². The van der Waals surface area contributed by atoms with Crippen LogP contribution in [0.25, 0.3) is 0 Å². The highest BCUT2D eigenvalue weighted by atomic mass is 16.4. The quantitative estimate of drug-likeness (QED) is 0.321. The molecular formula is C31H46O4. The summed E-state index contributed by atoms with van der Waals surface area (Å²) < 4.78 is 0. The van der Waals surface area contributed by atoms with Gasteiger partial charge in [0, 0.05) is 29.7 Å². The van der Waals surface area contributed by atoms with E-state index in [1.54, 1.807) is 18.1 Å². The Bertz CT molecular complexity index is 1000. The van der Waals surface area contributed by atoms with E-state index in [2.05, 4.69) is 48.1 Å². The third-order valence-electron chi connectivity index (χ3n) is 12.1. The summed E-state index contributed by atoms with van der Waals surface area (Å²) in [5.41, 5.74) is 3.52. The summed E-state index contributed by atoms with van der Waals surface area (Å²) in [5.74, 6) is -0.175. The Kier molecular flexibility index (Phi) is 6.34. The fourth-order valence-corrected chi connectivity index (χ4v) is 9.46. The predicted octanol–water partition coefficient (Wildman–Crippen LogP) is 7.18. The van der Waals surface area contributed by atoms with Crippen LogP contribution in [0.15, 0.2) is 23.3 Å². The van der Waals surface area contributed by atoms with E-state index in [1.165, 1.54) is 0 Å². The minimum Gasteiger partial charge on any atom is -0.478 e. The van der Waals surface area contributed by atoms with Gasteiger partial charge in [0.15, 0.2) is 0 Å². The molecule has 0 amide bonds. The van der Waals surface area contributed by atoms with Crippen LogP contribution in [0.3, 0.4) is 0 Å². The summed E-state index contributed by atoms with van der Waals surface area (Å²) in [6, 6.07) is 0. The van der Waals surface area contributed by atoms with Crippen molar-refractivity contribution in [1.82, 2.24) is 0 Å². The zero-order chi connectivity index (χ0) is 26.1. The molecule has 2 fully saturated rings. The first-order chi connectivity index (χ1) is 16.1. The minimum atomic E-state index is -1.08. The van der Waals surface area contributed by atoms with E-state index in [1.807, 2.05) is 0 Å². The van der Waals surface area contributed by atoms with Crippen LogP contribution in [0.5, 0.6) is 0 Å². The standard InChI is InChI=1S/C31H46O4/c1-18(17-24(32)19(2)20(3)27(34)35)21-11-15-31(8)23-9-10-25-28(4,5)26(33)13-14-29(25,6)22(23)12-16-30(21,31)7/h18-19,21,25H,3,9-17H2,1-2,4-8H3,(H,34,35)/t18-,19-,21-,25+,29-,30-,31+/m1/s1. The number of hydrogen-bond acceptors (Lipinski definition) is 3. The lowest BCUT2D eigenvalue weighted by atomic mass is 9.43. The van der Waals surface area contributed by atoms with E-state index in [4.69, 9.17) is 0 Å². The van der Waals surface area contributed by atoms with Crippen molar-refractivity contribution in [2.75, 3.05) is 0 Å². The van der Waals surface area contributed by atoms with Gasteiger partial charge in [0.2, 0.25) is 0 Å². The normalized spacial score (nSPS) is 39.8. The second-order valence-electron chi connectivity index (χ2n) is 13.7. The minimum absolute atomic E-state index is 0.0000550. The van der Waals surface area contributed by atoms with Gasteiger partial charge in [-0.15, -0.1) is 0 Å². The molecule has 0 aromatic rings. The van der Waals surface area contributed by atoms with E-state index in [0.717, 1.165) is 44.9 Å². The van der Waals surface area contributed by atoms with E-state index in [-0.39, 0.29) is 38.9 Å². The third-order valence-corrected chi connectivity index (χ3v) is 12.1. The maximum Gasteiger partial charge on any atom is 0.331 e. The summed E-state index contributed by atoms with van der Waals surface area (Å²) in [6.07, 6.45) is 8.86. The summed E-state index contributed by atoms with van der Waals surface area (Å²) in [5, 5.41) is 9.26. The molecule has 4 aliphatic carbocycles. The number of carbonyl (C=O) groups excluding carboxylic acids is 2. The van der Waals surface area contributed by atoms with Crippen molar-refractivity contribution >= 4 is 17.5 Å². The largest absolute Gasteiger partial charge is 0.478 e. The molecule has 194 valence electrons.